The fraction of sp³-hybridized carbons (Fsp3) is 0.409. The van der Waals surface area contributed by atoms with E-state index in [-0.39, 0.29) is 0 Å². The van der Waals surface area contributed by atoms with E-state index >= 15 is 0 Å². The SMILES string of the molecule is C/C=C\C(=C/C=C(C)C)SCCCCCC.Nc1ccccc1NC=O. The topological polar surface area (TPSA) is 55.1 Å². The van der Waals surface area contributed by atoms with Gasteiger partial charge in [-0.25, -0.2) is 0 Å². The van der Waals surface area contributed by atoms with Gasteiger partial charge in [-0.1, -0.05) is 62.1 Å². The average Bonchev–Trinajstić information content (AvgIpc) is 2.62. The summed E-state index contributed by atoms with van der Waals surface area (Å²) in [5, 5.41) is 2.47. The van der Waals surface area contributed by atoms with Gasteiger partial charge in [0.25, 0.3) is 0 Å². The van der Waals surface area contributed by atoms with Crippen molar-refractivity contribution in [2.45, 2.75) is 53.4 Å². The molecule has 1 amide bonds. The largest absolute Gasteiger partial charge is 0.397 e. The van der Waals surface area contributed by atoms with Crippen molar-refractivity contribution in [3.05, 3.63) is 59.0 Å². The Morgan fingerprint density at radius 3 is 2.46 bits per heavy atom. The van der Waals surface area contributed by atoms with E-state index in [1.165, 1.54) is 41.9 Å². The van der Waals surface area contributed by atoms with Crippen molar-refractivity contribution in [1.29, 1.82) is 0 Å². The van der Waals surface area contributed by atoms with Crippen LogP contribution in [0.1, 0.15) is 53.4 Å². The normalized spacial score (nSPS) is 10.8. The number of hydrogen-bond acceptors (Lipinski definition) is 3. The number of para-hydroxylation sites is 2. The number of nitrogen functional groups attached to an aromatic ring is 1. The lowest BCUT2D eigenvalue weighted by molar-refractivity contribution is -0.105. The van der Waals surface area contributed by atoms with Gasteiger partial charge in [-0.05, 0) is 51.2 Å². The third-order valence-electron chi connectivity index (χ3n) is 3.35. The first-order valence-electron chi connectivity index (χ1n) is 9.20. The Hall–Kier alpha value is -1.94. The molecule has 1 rings (SSSR count). The van der Waals surface area contributed by atoms with E-state index in [1.807, 2.05) is 23.9 Å². The summed E-state index contributed by atoms with van der Waals surface area (Å²) in [5.74, 6) is 1.24. The second-order valence-electron chi connectivity index (χ2n) is 6.07. The van der Waals surface area contributed by atoms with Gasteiger partial charge in [0, 0.05) is 4.91 Å². The molecule has 3 N–H and O–H groups in total. The standard InChI is InChI=1S/C15H26S.C7H8N2O/c1-5-7-8-9-13-16-15(10-6-2)12-11-14(3)4;8-6-3-1-2-4-7(6)9-5-10/h6,10-12H,5,7-9,13H2,1-4H3;1-5H,8H2,(H,9,10)/b10-6-,15-12+;. The molecule has 0 saturated carbocycles. The molecule has 1 aromatic rings. The molecule has 0 atom stereocenters. The molecule has 3 nitrogen and oxygen atoms in total. The van der Waals surface area contributed by atoms with E-state index in [0.29, 0.717) is 17.8 Å². The predicted molar refractivity (Wildman–Crippen MR) is 119 cm³/mol. The van der Waals surface area contributed by atoms with Crippen LogP contribution in [0.4, 0.5) is 11.4 Å². The van der Waals surface area contributed by atoms with Crippen LogP contribution < -0.4 is 11.1 Å². The van der Waals surface area contributed by atoms with Gasteiger partial charge in [0.1, 0.15) is 0 Å². The highest BCUT2D eigenvalue weighted by molar-refractivity contribution is 8.03. The van der Waals surface area contributed by atoms with E-state index in [0.717, 1.165) is 0 Å². The fourth-order valence-corrected chi connectivity index (χ4v) is 2.96. The number of nitrogens with two attached hydrogens (primary N) is 1. The highest BCUT2D eigenvalue weighted by atomic mass is 32.2. The lowest BCUT2D eigenvalue weighted by atomic mass is 10.2. The molecule has 0 radical (unpaired) electrons. The van der Waals surface area contributed by atoms with Crippen molar-refractivity contribution in [2.24, 2.45) is 0 Å². The molecule has 0 heterocycles. The first-order chi connectivity index (χ1) is 12.5. The monoisotopic (exact) mass is 374 g/mol. The smallest absolute Gasteiger partial charge is 0.211 e. The third-order valence-corrected chi connectivity index (χ3v) is 4.45. The second-order valence-corrected chi connectivity index (χ2v) is 7.24. The van der Waals surface area contributed by atoms with Crippen LogP contribution in [0.25, 0.3) is 0 Å². The van der Waals surface area contributed by atoms with Crippen molar-refractivity contribution < 1.29 is 4.79 Å². The van der Waals surface area contributed by atoms with Crippen molar-refractivity contribution in [2.75, 3.05) is 16.8 Å². The molecule has 0 unspecified atom stereocenters. The molecule has 144 valence electrons. The summed E-state index contributed by atoms with van der Waals surface area (Å²) in [6, 6.07) is 7.09. The second kappa shape index (κ2) is 16.5. The number of carbonyl (C=O) groups excluding carboxylic acids is 1. The minimum absolute atomic E-state index is 0.578. The summed E-state index contributed by atoms with van der Waals surface area (Å²) in [4.78, 5) is 11.3. The molecule has 0 aromatic heterocycles. The van der Waals surface area contributed by atoms with Crippen LogP contribution in [0.5, 0.6) is 0 Å². The van der Waals surface area contributed by atoms with Crippen LogP contribution in [0.2, 0.25) is 0 Å². The molecule has 0 aliphatic rings. The van der Waals surface area contributed by atoms with Gasteiger partial charge in [0.2, 0.25) is 6.41 Å². The summed E-state index contributed by atoms with van der Waals surface area (Å²) in [6.45, 7) is 8.60. The molecule has 26 heavy (non-hydrogen) atoms. The Bertz CT molecular complexity index is 588. The molecular weight excluding hydrogens is 340 g/mol. The number of thioether (sulfide) groups is 1. The van der Waals surface area contributed by atoms with Crippen molar-refractivity contribution in [3.8, 4) is 0 Å². The maximum Gasteiger partial charge on any atom is 0.211 e. The zero-order valence-electron chi connectivity index (χ0n) is 16.6. The van der Waals surface area contributed by atoms with Gasteiger partial charge < -0.3 is 11.1 Å². The number of anilines is 2. The van der Waals surface area contributed by atoms with E-state index in [4.69, 9.17) is 5.73 Å². The zero-order chi connectivity index (χ0) is 19.6. The summed E-state index contributed by atoms with van der Waals surface area (Å²) in [7, 11) is 0. The number of carbonyl (C=O) groups is 1. The number of amides is 1. The number of allylic oxidation sites excluding steroid dienone is 5. The lowest BCUT2D eigenvalue weighted by Crippen LogP contribution is -1.97. The van der Waals surface area contributed by atoms with Crippen molar-refractivity contribution >= 4 is 29.5 Å². The predicted octanol–water partition coefficient (Wildman–Crippen LogP) is 6.56. The maximum absolute atomic E-state index is 9.96. The molecule has 0 spiro atoms. The Kier molecular flexibility index (Phi) is 15.3. The Labute approximate surface area is 163 Å². The van der Waals surface area contributed by atoms with Crippen LogP contribution in [-0.4, -0.2) is 12.2 Å². The maximum atomic E-state index is 9.96. The lowest BCUT2D eigenvalue weighted by Gasteiger charge is -2.01. The van der Waals surface area contributed by atoms with Gasteiger partial charge in [0.15, 0.2) is 0 Å². The van der Waals surface area contributed by atoms with Gasteiger partial charge in [-0.3, -0.25) is 4.79 Å². The molecule has 0 fully saturated rings. The highest BCUT2D eigenvalue weighted by Gasteiger charge is 1.94. The van der Waals surface area contributed by atoms with Crippen molar-refractivity contribution in [1.82, 2.24) is 0 Å². The molecule has 1 aromatic carbocycles. The minimum atomic E-state index is 0.578. The Morgan fingerprint density at radius 1 is 1.15 bits per heavy atom. The third kappa shape index (κ3) is 13.4. The average molecular weight is 375 g/mol. The van der Waals surface area contributed by atoms with Gasteiger partial charge in [0.05, 0.1) is 11.4 Å². The highest BCUT2D eigenvalue weighted by Crippen LogP contribution is 2.20. The minimum Gasteiger partial charge on any atom is -0.397 e. The zero-order valence-corrected chi connectivity index (χ0v) is 17.4. The van der Waals surface area contributed by atoms with Gasteiger partial charge in [-0.2, -0.15) is 0 Å². The van der Waals surface area contributed by atoms with Crippen LogP contribution in [0, 0.1) is 0 Å². The number of hydrogen-bond donors (Lipinski definition) is 2. The van der Waals surface area contributed by atoms with E-state index < -0.39 is 0 Å². The van der Waals surface area contributed by atoms with E-state index in [2.05, 4.69) is 57.3 Å². The quantitative estimate of drug-likeness (QED) is 0.211. The fourth-order valence-electron chi connectivity index (χ4n) is 1.98. The molecule has 0 aliphatic carbocycles. The first kappa shape index (κ1) is 24.1. The summed E-state index contributed by atoms with van der Waals surface area (Å²) < 4.78 is 0. The summed E-state index contributed by atoms with van der Waals surface area (Å²) in [6.07, 6.45) is 14.7. The van der Waals surface area contributed by atoms with Crippen molar-refractivity contribution in [3.63, 3.8) is 0 Å². The number of rotatable bonds is 10. The van der Waals surface area contributed by atoms with Crippen LogP contribution in [0.3, 0.4) is 0 Å². The van der Waals surface area contributed by atoms with Crippen LogP contribution in [0.15, 0.2) is 59.0 Å². The molecular formula is C22H34N2OS. The molecule has 0 saturated heterocycles. The number of benzene rings is 1. The van der Waals surface area contributed by atoms with Gasteiger partial charge >= 0.3 is 0 Å². The first-order valence-corrected chi connectivity index (χ1v) is 10.2. The molecule has 4 heteroatoms. The molecule has 0 aliphatic heterocycles. The Balaban J connectivity index is 0.000000531. The van der Waals surface area contributed by atoms with E-state index in [9.17, 15) is 4.79 Å². The summed E-state index contributed by atoms with van der Waals surface area (Å²) in [5.41, 5.74) is 8.07. The van der Waals surface area contributed by atoms with Crippen LogP contribution in [-0.2, 0) is 4.79 Å². The summed E-state index contributed by atoms with van der Waals surface area (Å²) >= 11 is 1.97. The van der Waals surface area contributed by atoms with Crippen LogP contribution >= 0.6 is 11.8 Å². The Morgan fingerprint density at radius 2 is 1.88 bits per heavy atom. The van der Waals surface area contributed by atoms with Gasteiger partial charge in [-0.15, -0.1) is 11.8 Å². The number of nitrogens with one attached hydrogen (secondary N) is 1. The number of unbranched alkanes of at least 4 members (excludes halogenated alkanes) is 3. The van der Waals surface area contributed by atoms with E-state index in [1.54, 1.807) is 12.1 Å². The molecule has 0 bridgehead atoms.